The molecule has 0 aliphatic rings. The van der Waals surface area contributed by atoms with Gasteiger partial charge in [-0.15, -0.1) is 0 Å². The van der Waals surface area contributed by atoms with E-state index in [1.165, 1.54) is 12.1 Å². The van der Waals surface area contributed by atoms with E-state index in [4.69, 9.17) is 4.52 Å². The van der Waals surface area contributed by atoms with Gasteiger partial charge in [0.15, 0.2) is 9.84 Å². The second kappa shape index (κ2) is 6.18. The Morgan fingerprint density at radius 2 is 2.00 bits per heavy atom. The molecule has 0 bridgehead atoms. The summed E-state index contributed by atoms with van der Waals surface area (Å²) in [4.78, 5) is 12.0. The number of nitrogens with one attached hydrogen (secondary N) is 2. The lowest BCUT2D eigenvalue weighted by atomic mass is 10.2. The van der Waals surface area contributed by atoms with Crippen molar-refractivity contribution < 1.29 is 17.7 Å². The average Bonchev–Trinajstić information content (AvgIpc) is 2.81. The van der Waals surface area contributed by atoms with Crippen LogP contribution in [0.4, 0.5) is 11.6 Å². The highest BCUT2D eigenvalue weighted by Crippen LogP contribution is 2.20. The maximum atomic E-state index is 11.8. The summed E-state index contributed by atoms with van der Waals surface area (Å²) in [6.45, 7) is 3.55. The van der Waals surface area contributed by atoms with Gasteiger partial charge in [-0.25, -0.2) is 8.42 Å². The molecular weight excluding hydrogens is 306 g/mol. The molecule has 118 valence electrons. The summed E-state index contributed by atoms with van der Waals surface area (Å²) in [5, 5.41) is 9.13. The van der Waals surface area contributed by atoms with Crippen molar-refractivity contribution in [2.24, 2.45) is 0 Å². The molecule has 0 spiro atoms. The van der Waals surface area contributed by atoms with Crippen molar-refractivity contribution in [2.75, 3.05) is 23.4 Å². The molecular formula is C14H17N3O4S. The summed E-state index contributed by atoms with van der Waals surface area (Å²) in [5.41, 5.74) is 2.10. The normalized spacial score (nSPS) is 11.2. The minimum atomic E-state index is -3.29. The SMILES string of the molecule is Cc1cc(NC(=O)CNc2cc(S(C)(=O)=O)ccc2C)on1. The Morgan fingerprint density at radius 3 is 2.59 bits per heavy atom. The quantitative estimate of drug-likeness (QED) is 0.869. The first-order chi connectivity index (χ1) is 10.3. The van der Waals surface area contributed by atoms with Gasteiger partial charge in [0.25, 0.3) is 0 Å². The number of aromatic nitrogens is 1. The zero-order valence-corrected chi connectivity index (χ0v) is 13.3. The Hall–Kier alpha value is -2.35. The third kappa shape index (κ3) is 4.08. The number of amides is 1. The van der Waals surface area contributed by atoms with Gasteiger partial charge in [0.2, 0.25) is 11.8 Å². The standard InChI is InChI=1S/C14H17N3O4S/c1-9-4-5-11(22(3,19)20)7-12(9)15-8-13(18)16-14-6-10(2)17-21-14/h4-7,15H,8H2,1-3H3,(H,16,18). The number of benzene rings is 1. The van der Waals surface area contributed by atoms with Gasteiger partial charge in [-0.1, -0.05) is 11.2 Å². The lowest BCUT2D eigenvalue weighted by molar-refractivity contribution is -0.114. The number of nitrogens with zero attached hydrogens (tertiary/aromatic N) is 1. The van der Waals surface area contributed by atoms with Crippen LogP contribution in [0.3, 0.4) is 0 Å². The number of hydrogen-bond donors (Lipinski definition) is 2. The summed E-state index contributed by atoms with van der Waals surface area (Å²) >= 11 is 0. The van der Waals surface area contributed by atoms with Gasteiger partial charge >= 0.3 is 0 Å². The van der Waals surface area contributed by atoms with Gasteiger partial charge in [-0.3, -0.25) is 10.1 Å². The van der Waals surface area contributed by atoms with Gasteiger partial charge in [0, 0.05) is 18.0 Å². The van der Waals surface area contributed by atoms with Crippen LogP contribution in [0.1, 0.15) is 11.3 Å². The van der Waals surface area contributed by atoms with Crippen molar-refractivity contribution in [2.45, 2.75) is 18.7 Å². The number of hydrogen-bond acceptors (Lipinski definition) is 6. The number of sulfone groups is 1. The van der Waals surface area contributed by atoms with Crippen LogP contribution >= 0.6 is 0 Å². The molecule has 8 heteroatoms. The highest BCUT2D eigenvalue weighted by molar-refractivity contribution is 7.90. The zero-order valence-electron chi connectivity index (χ0n) is 12.5. The van der Waals surface area contributed by atoms with Gasteiger partial charge in [0.05, 0.1) is 17.1 Å². The smallest absolute Gasteiger partial charge is 0.246 e. The fraction of sp³-hybridized carbons (Fsp3) is 0.286. The molecule has 1 aromatic heterocycles. The molecule has 1 amide bonds. The van der Waals surface area contributed by atoms with Crippen LogP contribution in [0.5, 0.6) is 0 Å². The van der Waals surface area contributed by atoms with E-state index in [-0.39, 0.29) is 23.2 Å². The Labute approximate surface area is 128 Å². The van der Waals surface area contributed by atoms with Crippen molar-refractivity contribution in [3.8, 4) is 0 Å². The molecule has 0 unspecified atom stereocenters. The van der Waals surface area contributed by atoms with E-state index in [2.05, 4.69) is 15.8 Å². The van der Waals surface area contributed by atoms with E-state index in [0.29, 0.717) is 11.4 Å². The lowest BCUT2D eigenvalue weighted by Crippen LogP contribution is -2.22. The second-order valence-electron chi connectivity index (χ2n) is 4.98. The van der Waals surface area contributed by atoms with Crippen molar-refractivity contribution in [1.82, 2.24) is 5.16 Å². The highest BCUT2D eigenvalue weighted by atomic mass is 32.2. The summed E-state index contributed by atoms with van der Waals surface area (Å²) in [5.74, 6) is -0.0498. The Bertz CT molecular complexity index is 796. The number of carbonyl (C=O) groups is 1. The van der Waals surface area contributed by atoms with Crippen molar-refractivity contribution >= 4 is 27.3 Å². The highest BCUT2D eigenvalue weighted by Gasteiger charge is 2.11. The van der Waals surface area contributed by atoms with E-state index in [1.54, 1.807) is 19.1 Å². The molecule has 7 nitrogen and oxygen atoms in total. The molecule has 0 aliphatic heterocycles. The third-order valence-electron chi connectivity index (χ3n) is 2.97. The Kier molecular flexibility index (Phi) is 4.51. The minimum absolute atomic E-state index is 0.0200. The first-order valence-electron chi connectivity index (χ1n) is 6.53. The van der Waals surface area contributed by atoms with Crippen LogP contribution in [-0.4, -0.2) is 32.3 Å². The molecule has 0 saturated heterocycles. The number of carbonyl (C=O) groups excluding carboxylic acids is 1. The molecule has 0 fully saturated rings. The molecule has 0 saturated carbocycles. The zero-order chi connectivity index (χ0) is 16.3. The monoisotopic (exact) mass is 323 g/mol. The van der Waals surface area contributed by atoms with Gasteiger partial charge in [0.1, 0.15) is 0 Å². The third-order valence-corrected chi connectivity index (χ3v) is 4.08. The molecule has 0 atom stereocenters. The van der Waals surface area contributed by atoms with E-state index < -0.39 is 9.84 Å². The molecule has 2 rings (SSSR count). The first kappa shape index (κ1) is 16.0. The molecule has 2 aromatic rings. The van der Waals surface area contributed by atoms with Crippen LogP contribution in [0.2, 0.25) is 0 Å². The van der Waals surface area contributed by atoms with Gasteiger partial charge < -0.3 is 9.84 Å². The predicted molar refractivity (Wildman–Crippen MR) is 82.6 cm³/mol. The number of anilines is 2. The van der Waals surface area contributed by atoms with Crippen LogP contribution in [0, 0.1) is 13.8 Å². The van der Waals surface area contributed by atoms with Crippen molar-refractivity contribution in [3.63, 3.8) is 0 Å². The van der Waals surface area contributed by atoms with E-state index in [0.717, 1.165) is 11.8 Å². The summed E-state index contributed by atoms with van der Waals surface area (Å²) in [6, 6.07) is 6.34. The fourth-order valence-electron chi connectivity index (χ4n) is 1.80. The number of aryl methyl sites for hydroxylation is 2. The minimum Gasteiger partial charge on any atom is -0.376 e. The second-order valence-corrected chi connectivity index (χ2v) is 7.00. The predicted octanol–water partition coefficient (Wildman–Crippen LogP) is 1.75. The topological polar surface area (TPSA) is 101 Å². The van der Waals surface area contributed by atoms with E-state index in [1.807, 2.05) is 6.92 Å². The summed E-state index contributed by atoms with van der Waals surface area (Å²) in [6.07, 6.45) is 1.14. The lowest BCUT2D eigenvalue weighted by Gasteiger charge is -2.10. The maximum Gasteiger partial charge on any atom is 0.246 e. The maximum absolute atomic E-state index is 11.8. The average molecular weight is 323 g/mol. The first-order valence-corrected chi connectivity index (χ1v) is 8.42. The molecule has 22 heavy (non-hydrogen) atoms. The molecule has 0 aliphatic carbocycles. The van der Waals surface area contributed by atoms with Crippen LogP contribution in [0.25, 0.3) is 0 Å². The van der Waals surface area contributed by atoms with Gasteiger partial charge in [-0.05, 0) is 31.5 Å². The Balaban J connectivity index is 2.03. The largest absolute Gasteiger partial charge is 0.376 e. The molecule has 0 radical (unpaired) electrons. The van der Waals surface area contributed by atoms with Crippen LogP contribution < -0.4 is 10.6 Å². The Morgan fingerprint density at radius 1 is 1.27 bits per heavy atom. The summed E-state index contributed by atoms with van der Waals surface area (Å²) in [7, 11) is -3.29. The van der Waals surface area contributed by atoms with E-state index >= 15 is 0 Å². The van der Waals surface area contributed by atoms with Crippen molar-refractivity contribution in [3.05, 3.63) is 35.5 Å². The van der Waals surface area contributed by atoms with Gasteiger partial charge in [-0.2, -0.15) is 0 Å². The van der Waals surface area contributed by atoms with Crippen LogP contribution in [0.15, 0.2) is 33.7 Å². The molecule has 1 aromatic carbocycles. The fourth-order valence-corrected chi connectivity index (χ4v) is 2.45. The molecule has 1 heterocycles. The van der Waals surface area contributed by atoms with Crippen LogP contribution in [-0.2, 0) is 14.6 Å². The number of rotatable bonds is 5. The summed E-state index contributed by atoms with van der Waals surface area (Å²) < 4.78 is 28.0. The molecule has 2 N–H and O–H groups in total. The van der Waals surface area contributed by atoms with Crippen molar-refractivity contribution in [1.29, 1.82) is 0 Å². The van der Waals surface area contributed by atoms with E-state index in [9.17, 15) is 13.2 Å².